The van der Waals surface area contributed by atoms with Gasteiger partial charge in [0, 0.05) is 18.2 Å². The van der Waals surface area contributed by atoms with Gasteiger partial charge in [0.15, 0.2) is 0 Å². The molecule has 0 spiro atoms. The molecule has 0 heterocycles. The van der Waals surface area contributed by atoms with Gasteiger partial charge in [-0.2, -0.15) is 0 Å². The Morgan fingerprint density at radius 2 is 1.85 bits per heavy atom. The van der Waals surface area contributed by atoms with Crippen LogP contribution in [-0.4, -0.2) is 5.91 Å². The number of halogens is 1. The van der Waals surface area contributed by atoms with E-state index in [1.807, 2.05) is 31.2 Å². The molecule has 0 bridgehead atoms. The van der Waals surface area contributed by atoms with E-state index in [1.165, 1.54) is 23.8 Å². The molecular weight excluding hydrogens is 253 g/mol. The van der Waals surface area contributed by atoms with Crippen molar-refractivity contribution in [3.63, 3.8) is 0 Å². The van der Waals surface area contributed by atoms with E-state index in [-0.39, 0.29) is 11.7 Å². The smallest absolute Gasteiger partial charge is 0.244 e. The number of aryl methyl sites for hydroxylation is 1. The van der Waals surface area contributed by atoms with Gasteiger partial charge in [-0.05, 0) is 24.6 Å². The average Bonchev–Trinajstić information content (AvgIpc) is 2.46. The third kappa shape index (κ3) is 4.05. The van der Waals surface area contributed by atoms with Crippen LogP contribution in [0.4, 0.5) is 4.39 Å². The molecule has 0 aliphatic carbocycles. The Bertz CT molecular complexity index is 617. The largest absolute Gasteiger partial charge is 0.348 e. The number of benzene rings is 2. The van der Waals surface area contributed by atoms with Gasteiger partial charge in [0.05, 0.1) is 0 Å². The summed E-state index contributed by atoms with van der Waals surface area (Å²) in [5.41, 5.74) is 2.61. The van der Waals surface area contributed by atoms with Crippen LogP contribution >= 0.6 is 0 Å². The maximum Gasteiger partial charge on any atom is 0.244 e. The van der Waals surface area contributed by atoms with E-state index in [0.717, 1.165) is 5.56 Å². The van der Waals surface area contributed by atoms with Crippen molar-refractivity contribution in [3.05, 3.63) is 77.1 Å². The second-order valence-electron chi connectivity index (χ2n) is 4.56. The van der Waals surface area contributed by atoms with Gasteiger partial charge in [-0.15, -0.1) is 0 Å². The first-order valence-corrected chi connectivity index (χ1v) is 6.41. The zero-order chi connectivity index (χ0) is 14.4. The van der Waals surface area contributed by atoms with Crippen molar-refractivity contribution in [2.24, 2.45) is 0 Å². The fourth-order valence-corrected chi connectivity index (χ4v) is 1.73. The predicted octanol–water partition coefficient (Wildman–Crippen LogP) is 3.46. The summed E-state index contributed by atoms with van der Waals surface area (Å²) in [6.45, 7) is 2.47. The molecule has 0 aliphatic heterocycles. The molecule has 2 aromatic rings. The number of amides is 1. The summed E-state index contributed by atoms with van der Waals surface area (Å²) in [6.07, 6.45) is 2.81. The Hall–Kier alpha value is -2.42. The van der Waals surface area contributed by atoms with Crippen LogP contribution in [0.15, 0.2) is 54.6 Å². The van der Waals surface area contributed by atoms with Crippen LogP contribution in [0.1, 0.15) is 16.7 Å². The molecule has 1 amide bonds. The van der Waals surface area contributed by atoms with Gasteiger partial charge in [-0.3, -0.25) is 4.79 Å². The van der Waals surface area contributed by atoms with Crippen LogP contribution in [0.2, 0.25) is 0 Å². The number of carbonyl (C=O) groups excluding carboxylic acids is 1. The van der Waals surface area contributed by atoms with Crippen molar-refractivity contribution < 1.29 is 9.18 Å². The van der Waals surface area contributed by atoms with Crippen molar-refractivity contribution in [2.75, 3.05) is 0 Å². The average molecular weight is 269 g/mol. The van der Waals surface area contributed by atoms with E-state index in [9.17, 15) is 9.18 Å². The molecule has 0 saturated heterocycles. The van der Waals surface area contributed by atoms with Gasteiger partial charge in [0.25, 0.3) is 0 Å². The lowest BCUT2D eigenvalue weighted by atomic mass is 10.1. The van der Waals surface area contributed by atoms with Crippen LogP contribution in [0.5, 0.6) is 0 Å². The molecule has 0 saturated carbocycles. The monoisotopic (exact) mass is 269 g/mol. The van der Waals surface area contributed by atoms with E-state index in [4.69, 9.17) is 0 Å². The van der Waals surface area contributed by atoms with E-state index in [2.05, 4.69) is 5.32 Å². The number of nitrogens with one attached hydrogen (secondary N) is 1. The Labute approximate surface area is 118 Å². The molecule has 2 nitrogen and oxygen atoms in total. The molecule has 0 unspecified atom stereocenters. The van der Waals surface area contributed by atoms with Gasteiger partial charge >= 0.3 is 0 Å². The summed E-state index contributed by atoms with van der Waals surface area (Å²) in [6, 6.07) is 14.3. The van der Waals surface area contributed by atoms with Gasteiger partial charge in [-0.25, -0.2) is 4.39 Å². The number of carbonyl (C=O) groups is 1. The first-order chi connectivity index (χ1) is 9.65. The number of rotatable bonds is 4. The predicted molar refractivity (Wildman–Crippen MR) is 78.5 cm³/mol. The second-order valence-corrected chi connectivity index (χ2v) is 4.56. The maximum atomic E-state index is 13.3. The van der Waals surface area contributed by atoms with E-state index in [1.54, 1.807) is 18.2 Å². The molecule has 0 radical (unpaired) electrons. The Kier molecular flexibility index (Phi) is 4.66. The fourth-order valence-electron chi connectivity index (χ4n) is 1.73. The topological polar surface area (TPSA) is 29.1 Å². The molecule has 102 valence electrons. The molecule has 0 fully saturated rings. The highest BCUT2D eigenvalue weighted by Gasteiger charge is 1.99. The summed E-state index contributed by atoms with van der Waals surface area (Å²) >= 11 is 0. The molecule has 0 aliphatic rings. The van der Waals surface area contributed by atoms with E-state index >= 15 is 0 Å². The number of hydrogen-bond donors (Lipinski definition) is 1. The van der Waals surface area contributed by atoms with Crippen LogP contribution in [-0.2, 0) is 11.3 Å². The molecule has 1 N–H and O–H groups in total. The minimum absolute atomic E-state index is 0.242. The highest BCUT2D eigenvalue weighted by Crippen LogP contribution is 2.08. The van der Waals surface area contributed by atoms with Crippen LogP contribution < -0.4 is 5.32 Å². The first-order valence-electron chi connectivity index (χ1n) is 6.41. The number of hydrogen-bond acceptors (Lipinski definition) is 1. The van der Waals surface area contributed by atoms with Crippen molar-refractivity contribution >= 4 is 12.0 Å². The summed E-state index contributed by atoms with van der Waals surface area (Å²) in [5, 5.41) is 2.76. The Morgan fingerprint density at radius 3 is 2.55 bits per heavy atom. The highest BCUT2D eigenvalue weighted by molar-refractivity contribution is 5.91. The first kappa shape index (κ1) is 14.0. The highest BCUT2D eigenvalue weighted by atomic mass is 19.1. The molecule has 0 atom stereocenters. The Balaban J connectivity index is 1.90. The van der Waals surface area contributed by atoms with Gasteiger partial charge in [0.2, 0.25) is 5.91 Å². The Morgan fingerprint density at radius 1 is 1.15 bits per heavy atom. The van der Waals surface area contributed by atoms with Crippen molar-refractivity contribution in [2.45, 2.75) is 13.5 Å². The van der Waals surface area contributed by atoms with Gasteiger partial charge in [-0.1, -0.05) is 48.0 Å². The summed E-state index contributed by atoms with van der Waals surface area (Å²) in [7, 11) is 0. The molecular formula is C17H16FNO. The summed E-state index contributed by atoms with van der Waals surface area (Å²) in [4.78, 5) is 11.6. The summed E-state index contributed by atoms with van der Waals surface area (Å²) in [5.74, 6) is -0.580. The fraction of sp³-hybridized carbons (Fsp3) is 0.118. The SMILES string of the molecule is Cc1ccc(CNC(=O)/C=C/c2ccccc2F)cc1. The molecule has 0 aromatic heterocycles. The third-order valence-corrected chi connectivity index (χ3v) is 2.91. The zero-order valence-electron chi connectivity index (χ0n) is 11.3. The van der Waals surface area contributed by atoms with Crippen LogP contribution in [0.25, 0.3) is 6.08 Å². The molecule has 2 aromatic carbocycles. The van der Waals surface area contributed by atoms with E-state index < -0.39 is 0 Å². The zero-order valence-corrected chi connectivity index (χ0v) is 11.3. The van der Waals surface area contributed by atoms with Crippen molar-refractivity contribution in [3.8, 4) is 0 Å². The quantitative estimate of drug-likeness (QED) is 0.846. The standard InChI is InChI=1S/C17H16FNO/c1-13-6-8-14(9-7-13)12-19-17(20)11-10-15-4-2-3-5-16(15)18/h2-11H,12H2,1H3,(H,19,20)/b11-10+. The molecule has 20 heavy (non-hydrogen) atoms. The lowest BCUT2D eigenvalue weighted by molar-refractivity contribution is -0.116. The minimum Gasteiger partial charge on any atom is -0.348 e. The second kappa shape index (κ2) is 6.66. The maximum absolute atomic E-state index is 13.3. The van der Waals surface area contributed by atoms with Crippen LogP contribution in [0, 0.1) is 12.7 Å². The lowest BCUT2D eigenvalue weighted by Gasteiger charge is -2.03. The summed E-state index contributed by atoms with van der Waals surface area (Å²) < 4.78 is 13.3. The van der Waals surface area contributed by atoms with Gasteiger partial charge in [0.1, 0.15) is 5.82 Å². The van der Waals surface area contributed by atoms with Crippen molar-refractivity contribution in [1.82, 2.24) is 5.32 Å². The third-order valence-electron chi connectivity index (χ3n) is 2.91. The minimum atomic E-state index is -0.338. The normalized spacial score (nSPS) is 10.7. The van der Waals surface area contributed by atoms with Gasteiger partial charge < -0.3 is 5.32 Å². The van der Waals surface area contributed by atoms with Crippen molar-refractivity contribution in [1.29, 1.82) is 0 Å². The van der Waals surface area contributed by atoms with E-state index in [0.29, 0.717) is 12.1 Å². The molecule has 3 heteroatoms. The molecule has 2 rings (SSSR count). The van der Waals surface area contributed by atoms with Crippen LogP contribution in [0.3, 0.4) is 0 Å². The lowest BCUT2D eigenvalue weighted by Crippen LogP contribution is -2.20.